The van der Waals surface area contributed by atoms with Crippen molar-refractivity contribution in [3.8, 4) is 0 Å². The lowest BCUT2D eigenvalue weighted by molar-refractivity contribution is -0.178. The summed E-state index contributed by atoms with van der Waals surface area (Å²) in [6.07, 6.45) is 12.1. The zero-order valence-electron chi connectivity index (χ0n) is 23.5. The average Bonchev–Trinajstić information content (AvgIpc) is 2.96. The van der Waals surface area contributed by atoms with Crippen LogP contribution in [0, 0.1) is 50.7 Å². The molecule has 0 aromatic carbocycles. The van der Waals surface area contributed by atoms with Crippen molar-refractivity contribution in [3.05, 3.63) is 0 Å². The van der Waals surface area contributed by atoms with Crippen molar-refractivity contribution in [2.24, 2.45) is 50.7 Å². The van der Waals surface area contributed by atoms with Crippen LogP contribution in [0.15, 0.2) is 0 Å². The van der Waals surface area contributed by atoms with Gasteiger partial charge in [-0.25, -0.2) is 0 Å². The Morgan fingerprint density at radius 1 is 0.912 bits per heavy atom. The van der Waals surface area contributed by atoms with Crippen LogP contribution in [0.4, 0.5) is 0 Å². The molecule has 0 radical (unpaired) electrons. The predicted octanol–water partition coefficient (Wildman–Crippen LogP) is 6.99. The molecule has 5 rings (SSSR count). The molecule has 34 heavy (non-hydrogen) atoms. The Morgan fingerprint density at radius 2 is 1.62 bits per heavy atom. The van der Waals surface area contributed by atoms with Crippen molar-refractivity contribution in [2.45, 2.75) is 144 Å². The largest absolute Gasteiger partial charge is 0.393 e. The zero-order chi connectivity index (χ0) is 24.9. The highest BCUT2D eigenvalue weighted by molar-refractivity contribution is 5.16. The van der Waals surface area contributed by atoms with Crippen LogP contribution in [0.25, 0.3) is 0 Å². The van der Waals surface area contributed by atoms with Crippen LogP contribution in [-0.2, 0) is 4.74 Å². The van der Waals surface area contributed by atoms with Crippen molar-refractivity contribution in [1.82, 2.24) is 0 Å². The van der Waals surface area contributed by atoms with Crippen molar-refractivity contribution < 1.29 is 14.9 Å². The standard InChI is InChI=1S/C31H54O3/c1-19-16-21(26(33)27(2,3)4)34-22-18-30(8)20-10-11-23-28(5,6)24(32)12-15-31(23,17-20)14-9-13-29(30,7)25(19)22/h19-26,32-33H,9-18H2,1-8H3. The van der Waals surface area contributed by atoms with Crippen LogP contribution in [0.5, 0.6) is 0 Å². The highest BCUT2D eigenvalue weighted by atomic mass is 16.5. The number of rotatable bonds is 1. The molecule has 3 nitrogen and oxygen atoms in total. The molecular formula is C31H54O3. The molecule has 1 heterocycles. The second kappa shape index (κ2) is 7.94. The lowest BCUT2D eigenvalue weighted by Crippen LogP contribution is -2.57. The Kier molecular flexibility index (Phi) is 5.96. The van der Waals surface area contributed by atoms with Gasteiger partial charge in [-0.1, -0.05) is 61.8 Å². The summed E-state index contributed by atoms with van der Waals surface area (Å²) >= 11 is 0. The summed E-state index contributed by atoms with van der Waals surface area (Å²) in [5.74, 6) is 2.63. The smallest absolute Gasteiger partial charge is 0.0850 e. The van der Waals surface area contributed by atoms with E-state index < -0.39 is 6.10 Å². The second-order valence-corrected chi connectivity index (χ2v) is 15.9. The normalized spacial score (nSPS) is 53.6. The van der Waals surface area contributed by atoms with Gasteiger partial charge >= 0.3 is 0 Å². The zero-order valence-corrected chi connectivity index (χ0v) is 23.5. The Hall–Kier alpha value is -0.120. The number of fused-ring (bicyclic) bond motifs is 5. The van der Waals surface area contributed by atoms with Gasteiger partial charge in [0.25, 0.3) is 0 Å². The number of aliphatic hydroxyl groups is 2. The maximum Gasteiger partial charge on any atom is 0.0850 e. The quantitative estimate of drug-likeness (QED) is 0.431. The molecule has 11 atom stereocenters. The Morgan fingerprint density at radius 3 is 2.29 bits per heavy atom. The minimum Gasteiger partial charge on any atom is -0.393 e. The number of ether oxygens (including phenoxy) is 1. The highest BCUT2D eigenvalue weighted by Crippen LogP contribution is 2.73. The van der Waals surface area contributed by atoms with E-state index in [1.165, 1.54) is 51.4 Å². The Labute approximate surface area is 209 Å². The van der Waals surface area contributed by atoms with Crippen molar-refractivity contribution in [1.29, 1.82) is 0 Å². The second-order valence-electron chi connectivity index (χ2n) is 15.9. The molecule has 11 unspecified atom stereocenters. The molecule has 1 spiro atoms. The molecular weight excluding hydrogens is 420 g/mol. The predicted molar refractivity (Wildman–Crippen MR) is 138 cm³/mol. The van der Waals surface area contributed by atoms with E-state index in [-0.39, 0.29) is 29.1 Å². The third-order valence-corrected chi connectivity index (χ3v) is 13.0. The molecule has 0 aromatic heterocycles. The maximum atomic E-state index is 11.1. The topological polar surface area (TPSA) is 49.7 Å². The first kappa shape index (κ1) is 25.5. The van der Waals surface area contributed by atoms with Gasteiger partial charge in [-0.15, -0.1) is 0 Å². The van der Waals surface area contributed by atoms with E-state index in [0.717, 1.165) is 18.8 Å². The average molecular weight is 475 g/mol. The summed E-state index contributed by atoms with van der Waals surface area (Å²) in [7, 11) is 0. The van der Waals surface area contributed by atoms with Gasteiger partial charge in [0.2, 0.25) is 0 Å². The minimum absolute atomic E-state index is 0.0318. The first-order chi connectivity index (χ1) is 15.7. The molecule has 4 aliphatic carbocycles. The molecule has 0 aromatic rings. The summed E-state index contributed by atoms with van der Waals surface area (Å²) in [6.45, 7) is 18.9. The van der Waals surface area contributed by atoms with E-state index in [1.54, 1.807) is 0 Å². The van der Waals surface area contributed by atoms with E-state index >= 15 is 0 Å². The molecule has 196 valence electrons. The monoisotopic (exact) mass is 474 g/mol. The fourth-order valence-corrected chi connectivity index (χ4v) is 11.0. The fraction of sp³-hybridized carbons (Fsp3) is 1.00. The molecule has 0 amide bonds. The molecule has 2 bridgehead atoms. The lowest BCUT2D eigenvalue weighted by Gasteiger charge is -2.63. The maximum absolute atomic E-state index is 11.1. The number of hydrogen-bond acceptors (Lipinski definition) is 3. The van der Waals surface area contributed by atoms with E-state index in [0.29, 0.717) is 34.0 Å². The molecule has 5 fully saturated rings. The molecule has 5 aliphatic rings. The summed E-state index contributed by atoms with van der Waals surface area (Å²) in [4.78, 5) is 0. The van der Waals surface area contributed by atoms with Gasteiger partial charge in [0, 0.05) is 0 Å². The van der Waals surface area contributed by atoms with Gasteiger partial charge < -0.3 is 14.9 Å². The van der Waals surface area contributed by atoms with Crippen molar-refractivity contribution in [2.75, 3.05) is 0 Å². The lowest BCUT2D eigenvalue weighted by atomic mass is 9.42. The van der Waals surface area contributed by atoms with Crippen molar-refractivity contribution in [3.63, 3.8) is 0 Å². The van der Waals surface area contributed by atoms with Gasteiger partial charge in [0.1, 0.15) is 0 Å². The van der Waals surface area contributed by atoms with E-state index in [2.05, 4.69) is 55.4 Å². The highest BCUT2D eigenvalue weighted by Gasteiger charge is 2.67. The summed E-state index contributed by atoms with van der Waals surface area (Å²) in [5, 5.41) is 22.0. The SMILES string of the molecule is CC1CC(C(O)C(C)(C)C)OC2CC3(C)C4CCC5C(CCCC3(C)C12)(CCC(O)C5(C)C)C4. The van der Waals surface area contributed by atoms with Gasteiger partial charge in [0.15, 0.2) is 0 Å². The van der Waals surface area contributed by atoms with Gasteiger partial charge in [-0.05, 0) is 109 Å². The first-order valence-electron chi connectivity index (χ1n) is 14.7. The Bertz CT molecular complexity index is 784. The molecule has 3 heteroatoms. The van der Waals surface area contributed by atoms with Crippen LogP contribution in [0.3, 0.4) is 0 Å². The Balaban J connectivity index is 1.46. The fourth-order valence-electron chi connectivity index (χ4n) is 11.0. The van der Waals surface area contributed by atoms with Gasteiger partial charge in [0.05, 0.1) is 24.4 Å². The van der Waals surface area contributed by atoms with Crippen LogP contribution in [0.1, 0.15) is 120 Å². The number of hydrogen-bond donors (Lipinski definition) is 2. The number of aliphatic hydroxyl groups excluding tert-OH is 2. The molecule has 1 aliphatic heterocycles. The third-order valence-electron chi connectivity index (χ3n) is 13.0. The van der Waals surface area contributed by atoms with E-state index in [9.17, 15) is 10.2 Å². The molecule has 2 N–H and O–H groups in total. The third kappa shape index (κ3) is 3.45. The van der Waals surface area contributed by atoms with E-state index in [1.807, 2.05) is 0 Å². The van der Waals surface area contributed by atoms with Crippen molar-refractivity contribution >= 4 is 0 Å². The van der Waals surface area contributed by atoms with Crippen LogP contribution >= 0.6 is 0 Å². The summed E-state index contributed by atoms with van der Waals surface area (Å²) in [5.41, 5.74) is 0.953. The first-order valence-corrected chi connectivity index (χ1v) is 14.7. The van der Waals surface area contributed by atoms with Crippen LogP contribution in [-0.4, -0.2) is 34.6 Å². The van der Waals surface area contributed by atoms with Gasteiger partial charge in [-0.2, -0.15) is 0 Å². The van der Waals surface area contributed by atoms with Gasteiger partial charge in [-0.3, -0.25) is 0 Å². The summed E-state index contributed by atoms with van der Waals surface area (Å²) in [6, 6.07) is 0. The van der Waals surface area contributed by atoms with Crippen LogP contribution in [0.2, 0.25) is 0 Å². The summed E-state index contributed by atoms with van der Waals surface area (Å²) < 4.78 is 6.88. The molecule has 1 saturated heterocycles. The minimum atomic E-state index is -0.403. The van der Waals surface area contributed by atoms with Crippen LogP contribution < -0.4 is 0 Å². The van der Waals surface area contributed by atoms with E-state index in [4.69, 9.17) is 4.74 Å². The molecule has 4 saturated carbocycles.